The van der Waals surface area contributed by atoms with Crippen molar-refractivity contribution >= 4 is 0 Å². The number of benzene rings is 1. The highest BCUT2D eigenvalue weighted by Crippen LogP contribution is 2.29. The van der Waals surface area contributed by atoms with Gasteiger partial charge in [0.1, 0.15) is 0 Å². The summed E-state index contributed by atoms with van der Waals surface area (Å²) < 4.78 is 37.0. The molecule has 15 heavy (non-hydrogen) atoms. The number of halogens is 3. The van der Waals surface area contributed by atoms with Crippen LogP contribution in [-0.4, -0.2) is 6.04 Å². The SMILES string of the molecule is [C-]#[N+]C(C)Cc1cccc(C(F)(F)F)c1. The zero-order chi connectivity index (χ0) is 11.5. The molecule has 1 aromatic carbocycles. The van der Waals surface area contributed by atoms with Gasteiger partial charge in [-0.3, -0.25) is 0 Å². The molecule has 0 aromatic heterocycles. The van der Waals surface area contributed by atoms with E-state index in [1.165, 1.54) is 6.07 Å². The minimum absolute atomic E-state index is 0.284. The Morgan fingerprint density at radius 3 is 2.60 bits per heavy atom. The molecule has 0 aliphatic heterocycles. The third-order valence-corrected chi connectivity index (χ3v) is 2.01. The van der Waals surface area contributed by atoms with Crippen molar-refractivity contribution in [1.82, 2.24) is 0 Å². The van der Waals surface area contributed by atoms with Gasteiger partial charge >= 0.3 is 6.18 Å². The average molecular weight is 213 g/mol. The second-order valence-corrected chi connectivity index (χ2v) is 3.38. The first-order chi connectivity index (χ1) is 6.93. The molecule has 0 radical (unpaired) electrons. The summed E-state index contributed by atoms with van der Waals surface area (Å²) in [6.07, 6.45) is -3.95. The minimum Gasteiger partial charge on any atom is -0.314 e. The fraction of sp³-hybridized carbons (Fsp3) is 0.364. The second kappa shape index (κ2) is 4.35. The molecular weight excluding hydrogens is 203 g/mol. The Hall–Kier alpha value is -1.50. The molecule has 0 N–H and O–H groups in total. The number of rotatable bonds is 2. The summed E-state index contributed by atoms with van der Waals surface area (Å²) in [5.74, 6) is 0. The van der Waals surface area contributed by atoms with Crippen molar-refractivity contribution in [1.29, 1.82) is 0 Å². The lowest BCUT2D eigenvalue weighted by Crippen LogP contribution is -2.07. The maximum Gasteiger partial charge on any atom is 0.416 e. The van der Waals surface area contributed by atoms with Crippen LogP contribution >= 0.6 is 0 Å². The lowest BCUT2D eigenvalue weighted by atomic mass is 10.0. The molecule has 0 spiro atoms. The molecule has 0 aliphatic carbocycles. The molecule has 0 fully saturated rings. The number of hydrogen-bond donors (Lipinski definition) is 0. The van der Waals surface area contributed by atoms with Crippen molar-refractivity contribution < 1.29 is 13.2 Å². The Kier molecular flexibility index (Phi) is 3.35. The molecule has 0 bridgehead atoms. The molecule has 1 rings (SSSR count). The molecule has 1 aromatic rings. The Morgan fingerprint density at radius 2 is 2.07 bits per heavy atom. The van der Waals surface area contributed by atoms with E-state index in [0.717, 1.165) is 12.1 Å². The zero-order valence-electron chi connectivity index (χ0n) is 8.17. The molecule has 0 aliphatic rings. The van der Waals surface area contributed by atoms with Gasteiger partial charge in [0.2, 0.25) is 6.04 Å². The average Bonchev–Trinajstić information content (AvgIpc) is 2.17. The van der Waals surface area contributed by atoms with Crippen LogP contribution < -0.4 is 0 Å². The fourth-order valence-corrected chi connectivity index (χ4v) is 1.26. The van der Waals surface area contributed by atoms with Gasteiger partial charge in [0.15, 0.2) is 0 Å². The third-order valence-electron chi connectivity index (χ3n) is 2.01. The molecule has 1 unspecified atom stereocenters. The fourth-order valence-electron chi connectivity index (χ4n) is 1.26. The van der Waals surface area contributed by atoms with E-state index in [1.54, 1.807) is 13.0 Å². The summed E-state index contributed by atoms with van der Waals surface area (Å²) in [4.78, 5) is 3.24. The van der Waals surface area contributed by atoms with E-state index < -0.39 is 11.7 Å². The summed E-state index contributed by atoms with van der Waals surface area (Å²) in [7, 11) is 0. The van der Waals surface area contributed by atoms with Crippen molar-refractivity contribution in [3.63, 3.8) is 0 Å². The first-order valence-electron chi connectivity index (χ1n) is 4.46. The van der Waals surface area contributed by atoms with Gasteiger partial charge in [0.05, 0.1) is 5.56 Å². The Morgan fingerprint density at radius 1 is 1.40 bits per heavy atom. The molecule has 0 heterocycles. The smallest absolute Gasteiger partial charge is 0.314 e. The first kappa shape index (κ1) is 11.6. The highest BCUT2D eigenvalue weighted by molar-refractivity contribution is 5.26. The maximum atomic E-state index is 12.3. The summed E-state index contributed by atoms with van der Waals surface area (Å²) in [6.45, 7) is 8.43. The molecule has 0 saturated carbocycles. The predicted molar refractivity (Wildman–Crippen MR) is 51.2 cm³/mol. The van der Waals surface area contributed by atoms with Gasteiger partial charge in [-0.2, -0.15) is 13.2 Å². The van der Waals surface area contributed by atoms with Gasteiger partial charge in [-0.25, -0.2) is 6.57 Å². The standard InChI is InChI=1S/C11H10F3N/c1-8(15-2)6-9-4-3-5-10(7-9)11(12,13)14/h3-5,7-8H,6H2,1H3. The molecular formula is C11H10F3N. The van der Waals surface area contributed by atoms with Crippen LogP contribution in [0.5, 0.6) is 0 Å². The van der Waals surface area contributed by atoms with Gasteiger partial charge in [0.25, 0.3) is 0 Å². The minimum atomic E-state index is -4.31. The second-order valence-electron chi connectivity index (χ2n) is 3.38. The highest BCUT2D eigenvalue weighted by Gasteiger charge is 2.30. The van der Waals surface area contributed by atoms with Gasteiger partial charge in [-0.05, 0) is 11.6 Å². The molecule has 1 atom stereocenters. The quantitative estimate of drug-likeness (QED) is 0.661. The van der Waals surface area contributed by atoms with Crippen LogP contribution in [0.3, 0.4) is 0 Å². The first-order valence-corrected chi connectivity index (χ1v) is 4.46. The summed E-state index contributed by atoms with van der Waals surface area (Å²) in [5.41, 5.74) is -0.106. The lowest BCUT2D eigenvalue weighted by Gasteiger charge is -2.08. The number of nitrogens with zero attached hydrogens (tertiary/aromatic N) is 1. The Bertz CT molecular complexity index is 376. The van der Waals surface area contributed by atoms with Crippen LogP contribution in [0.2, 0.25) is 0 Å². The van der Waals surface area contributed by atoms with E-state index in [2.05, 4.69) is 4.85 Å². The summed E-state index contributed by atoms with van der Waals surface area (Å²) >= 11 is 0. The van der Waals surface area contributed by atoms with Gasteiger partial charge in [0, 0.05) is 13.3 Å². The van der Waals surface area contributed by atoms with E-state index in [1.807, 2.05) is 0 Å². The highest BCUT2D eigenvalue weighted by atomic mass is 19.4. The number of alkyl halides is 3. The third kappa shape index (κ3) is 3.28. The molecule has 0 amide bonds. The maximum absolute atomic E-state index is 12.3. The van der Waals surface area contributed by atoms with Crippen molar-refractivity contribution in [2.45, 2.75) is 25.6 Å². The van der Waals surface area contributed by atoms with Crippen LogP contribution in [0.15, 0.2) is 24.3 Å². The number of hydrogen-bond acceptors (Lipinski definition) is 0. The lowest BCUT2D eigenvalue weighted by molar-refractivity contribution is -0.137. The Labute approximate surface area is 86.4 Å². The van der Waals surface area contributed by atoms with Gasteiger partial charge in [-0.1, -0.05) is 18.2 Å². The van der Waals surface area contributed by atoms with Crippen molar-refractivity contribution in [2.75, 3.05) is 0 Å². The van der Waals surface area contributed by atoms with Gasteiger partial charge in [-0.15, -0.1) is 0 Å². The summed E-state index contributed by atoms with van der Waals surface area (Å²) in [6, 6.07) is 4.83. The largest absolute Gasteiger partial charge is 0.416 e. The van der Waals surface area contributed by atoms with Crippen LogP contribution in [0.1, 0.15) is 18.1 Å². The molecule has 0 saturated heterocycles. The van der Waals surface area contributed by atoms with E-state index in [-0.39, 0.29) is 6.04 Å². The van der Waals surface area contributed by atoms with Crippen molar-refractivity contribution in [3.8, 4) is 0 Å². The molecule has 1 nitrogen and oxygen atoms in total. The van der Waals surface area contributed by atoms with Crippen LogP contribution in [0, 0.1) is 6.57 Å². The van der Waals surface area contributed by atoms with Gasteiger partial charge < -0.3 is 4.85 Å². The van der Waals surface area contributed by atoms with Crippen LogP contribution in [0.4, 0.5) is 13.2 Å². The van der Waals surface area contributed by atoms with Crippen molar-refractivity contribution in [3.05, 3.63) is 46.8 Å². The monoisotopic (exact) mass is 213 g/mol. The topological polar surface area (TPSA) is 4.36 Å². The van der Waals surface area contributed by atoms with Crippen LogP contribution in [-0.2, 0) is 12.6 Å². The zero-order valence-corrected chi connectivity index (χ0v) is 8.17. The Balaban J connectivity index is 2.90. The summed E-state index contributed by atoms with van der Waals surface area (Å²) in [5, 5.41) is 0. The predicted octanol–water partition coefficient (Wildman–Crippen LogP) is 3.56. The van der Waals surface area contributed by atoms with Crippen LogP contribution in [0.25, 0.3) is 4.85 Å². The normalized spacial score (nSPS) is 13.3. The molecule has 80 valence electrons. The van der Waals surface area contributed by atoms with E-state index >= 15 is 0 Å². The van der Waals surface area contributed by atoms with E-state index in [4.69, 9.17) is 6.57 Å². The van der Waals surface area contributed by atoms with E-state index in [0.29, 0.717) is 12.0 Å². The van der Waals surface area contributed by atoms with Crippen molar-refractivity contribution in [2.24, 2.45) is 0 Å². The molecule has 4 heteroatoms. The van der Waals surface area contributed by atoms with E-state index in [9.17, 15) is 13.2 Å².